The van der Waals surface area contributed by atoms with E-state index in [1.807, 2.05) is 0 Å². The molecule has 7 heteroatoms. The number of carbonyl (C=O) groups excluding carboxylic acids is 1. The fourth-order valence-corrected chi connectivity index (χ4v) is 1.61. The third kappa shape index (κ3) is 2.01. The van der Waals surface area contributed by atoms with Crippen LogP contribution < -0.4 is 0 Å². The summed E-state index contributed by atoms with van der Waals surface area (Å²) in [4.78, 5) is 11.1. The van der Waals surface area contributed by atoms with Crippen LogP contribution in [0.25, 0.3) is 0 Å². The minimum atomic E-state index is -5.85. The molecule has 0 spiro atoms. The highest BCUT2D eigenvalue weighted by Crippen LogP contribution is 2.38. The zero-order chi connectivity index (χ0) is 11.9. The maximum atomic E-state index is 12.6. The Morgan fingerprint density at radius 1 is 1.27 bits per heavy atom. The van der Waals surface area contributed by atoms with Gasteiger partial charge in [-0.25, -0.2) is 0 Å². The summed E-state index contributed by atoms with van der Waals surface area (Å²) in [7, 11) is 0. The molecule has 0 aliphatic carbocycles. The van der Waals surface area contributed by atoms with Gasteiger partial charge in [-0.05, 0) is 18.4 Å². The Kier molecular flexibility index (Phi) is 2.86. The van der Waals surface area contributed by atoms with E-state index in [0.717, 1.165) is 17.4 Å². The molecular formula is C8H5F5OS. The molecule has 0 atom stereocenters. The minimum absolute atomic E-state index is 0.143. The highest BCUT2D eigenvalue weighted by atomic mass is 32.1. The molecule has 0 radical (unpaired) electrons. The average Bonchev–Trinajstić information content (AvgIpc) is 2.48. The molecular weight excluding hydrogens is 239 g/mol. The van der Waals surface area contributed by atoms with Crippen LogP contribution in [0.2, 0.25) is 0 Å². The van der Waals surface area contributed by atoms with Crippen molar-refractivity contribution in [3.63, 3.8) is 0 Å². The van der Waals surface area contributed by atoms with Crippen molar-refractivity contribution < 1.29 is 26.7 Å². The fourth-order valence-electron chi connectivity index (χ4n) is 0.918. The predicted octanol–water partition coefficient (Wildman–Crippen LogP) is 3.44. The standard InChI is InChI=1S/C8H5F5OS/c1-4-5(2-3-15-4)6(14)7(9,10)8(11,12)13/h2-3H,1H3. The van der Waals surface area contributed by atoms with Crippen molar-refractivity contribution in [3.05, 3.63) is 21.9 Å². The lowest BCUT2D eigenvalue weighted by atomic mass is 10.1. The number of aryl methyl sites for hydroxylation is 1. The van der Waals surface area contributed by atoms with Gasteiger partial charge < -0.3 is 0 Å². The van der Waals surface area contributed by atoms with Gasteiger partial charge in [-0.15, -0.1) is 11.3 Å². The van der Waals surface area contributed by atoms with Crippen molar-refractivity contribution in [1.29, 1.82) is 0 Å². The van der Waals surface area contributed by atoms with Crippen LogP contribution in [0.3, 0.4) is 0 Å². The van der Waals surface area contributed by atoms with Gasteiger partial charge in [0.15, 0.2) is 0 Å². The second kappa shape index (κ2) is 3.55. The van der Waals surface area contributed by atoms with Crippen LogP contribution in [0.1, 0.15) is 15.2 Å². The van der Waals surface area contributed by atoms with Gasteiger partial charge in [-0.3, -0.25) is 4.79 Å². The van der Waals surface area contributed by atoms with Crippen LogP contribution >= 0.6 is 11.3 Å². The number of halogens is 5. The molecule has 1 aromatic rings. The number of rotatable bonds is 2. The van der Waals surface area contributed by atoms with Crippen LogP contribution in [-0.4, -0.2) is 17.9 Å². The van der Waals surface area contributed by atoms with Crippen LogP contribution in [0, 0.1) is 6.92 Å². The number of alkyl halides is 5. The number of Topliss-reactive ketones (excluding diaryl/α,β-unsaturated/α-hetero) is 1. The topological polar surface area (TPSA) is 17.1 Å². The first-order valence-electron chi connectivity index (χ1n) is 3.71. The number of carbonyl (C=O) groups is 1. The normalized spacial score (nSPS) is 12.9. The smallest absolute Gasteiger partial charge is 0.287 e. The lowest BCUT2D eigenvalue weighted by Crippen LogP contribution is -2.44. The predicted molar refractivity (Wildman–Crippen MR) is 44.4 cm³/mol. The Balaban J connectivity index is 3.11. The van der Waals surface area contributed by atoms with Gasteiger partial charge in [0.25, 0.3) is 0 Å². The maximum Gasteiger partial charge on any atom is 0.461 e. The summed E-state index contributed by atoms with van der Waals surface area (Å²) in [6.07, 6.45) is -5.85. The first-order chi connectivity index (χ1) is 6.68. The van der Waals surface area contributed by atoms with E-state index in [0.29, 0.717) is 0 Å². The molecule has 0 aliphatic rings. The summed E-state index contributed by atoms with van der Waals surface area (Å²) in [5.74, 6) is -7.52. The summed E-state index contributed by atoms with van der Waals surface area (Å²) < 4.78 is 60.7. The van der Waals surface area contributed by atoms with Crippen molar-refractivity contribution in [3.8, 4) is 0 Å². The summed E-state index contributed by atoms with van der Waals surface area (Å²) in [5, 5.41) is 1.29. The molecule has 0 bridgehead atoms. The van der Waals surface area contributed by atoms with Gasteiger partial charge in [0.05, 0.1) is 0 Å². The largest absolute Gasteiger partial charge is 0.461 e. The first kappa shape index (κ1) is 12.1. The summed E-state index contributed by atoms with van der Waals surface area (Å²) in [5.41, 5.74) is -0.581. The van der Waals surface area contributed by atoms with Gasteiger partial charge in [0, 0.05) is 10.4 Å². The minimum Gasteiger partial charge on any atom is -0.287 e. The molecule has 0 aromatic carbocycles. The first-order valence-corrected chi connectivity index (χ1v) is 4.59. The van der Waals surface area contributed by atoms with Crippen molar-refractivity contribution in [2.24, 2.45) is 0 Å². The van der Waals surface area contributed by atoms with Gasteiger partial charge in [-0.1, -0.05) is 0 Å². The van der Waals surface area contributed by atoms with E-state index < -0.39 is 23.4 Å². The highest BCUT2D eigenvalue weighted by molar-refractivity contribution is 7.10. The quantitative estimate of drug-likeness (QED) is 0.575. The van der Waals surface area contributed by atoms with Gasteiger partial charge in [0.2, 0.25) is 5.78 Å². The molecule has 0 N–H and O–H groups in total. The Labute approximate surface area is 85.5 Å². The molecule has 1 aromatic heterocycles. The van der Waals surface area contributed by atoms with Crippen molar-refractivity contribution in [2.45, 2.75) is 19.0 Å². The Bertz CT molecular complexity index is 379. The molecule has 1 nitrogen and oxygen atoms in total. The molecule has 84 valence electrons. The molecule has 15 heavy (non-hydrogen) atoms. The third-order valence-corrected chi connectivity index (χ3v) is 2.59. The maximum absolute atomic E-state index is 12.6. The zero-order valence-electron chi connectivity index (χ0n) is 7.36. The monoisotopic (exact) mass is 244 g/mol. The average molecular weight is 244 g/mol. The Morgan fingerprint density at radius 3 is 2.13 bits per heavy atom. The molecule has 0 unspecified atom stereocenters. The summed E-state index contributed by atoms with van der Waals surface area (Å²) in [6, 6.07) is 0.960. The number of hydrogen-bond acceptors (Lipinski definition) is 2. The van der Waals surface area contributed by atoms with Crippen LogP contribution in [0.15, 0.2) is 11.4 Å². The van der Waals surface area contributed by atoms with E-state index in [1.54, 1.807) is 0 Å². The van der Waals surface area contributed by atoms with Crippen LogP contribution in [-0.2, 0) is 0 Å². The second-order valence-corrected chi connectivity index (χ2v) is 3.91. The van der Waals surface area contributed by atoms with Crippen molar-refractivity contribution in [2.75, 3.05) is 0 Å². The molecule has 0 fully saturated rings. The molecule has 0 aliphatic heterocycles. The van der Waals surface area contributed by atoms with Crippen LogP contribution in [0.4, 0.5) is 22.0 Å². The molecule has 0 saturated carbocycles. The second-order valence-electron chi connectivity index (χ2n) is 2.79. The van der Waals surface area contributed by atoms with E-state index in [2.05, 4.69) is 0 Å². The highest BCUT2D eigenvalue weighted by Gasteiger charge is 2.63. The van der Waals surface area contributed by atoms with E-state index in [9.17, 15) is 26.7 Å². The third-order valence-electron chi connectivity index (χ3n) is 1.74. The van der Waals surface area contributed by atoms with E-state index in [-0.39, 0.29) is 4.88 Å². The Hall–Kier alpha value is -0.980. The van der Waals surface area contributed by atoms with Gasteiger partial charge in [0.1, 0.15) is 0 Å². The lowest BCUT2D eigenvalue weighted by molar-refractivity contribution is -0.255. The zero-order valence-corrected chi connectivity index (χ0v) is 8.18. The summed E-state index contributed by atoms with van der Waals surface area (Å²) >= 11 is 0.938. The molecule has 0 amide bonds. The van der Waals surface area contributed by atoms with Crippen molar-refractivity contribution in [1.82, 2.24) is 0 Å². The SMILES string of the molecule is Cc1sccc1C(=O)C(F)(F)C(F)(F)F. The number of ketones is 1. The van der Waals surface area contributed by atoms with E-state index in [1.165, 1.54) is 12.3 Å². The lowest BCUT2D eigenvalue weighted by Gasteiger charge is -2.17. The van der Waals surface area contributed by atoms with Crippen LogP contribution in [0.5, 0.6) is 0 Å². The number of thiophene rings is 1. The molecule has 1 rings (SSSR count). The van der Waals surface area contributed by atoms with E-state index >= 15 is 0 Å². The van der Waals surface area contributed by atoms with Gasteiger partial charge in [-0.2, -0.15) is 22.0 Å². The Morgan fingerprint density at radius 2 is 1.80 bits per heavy atom. The fraction of sp³-hybridized carbons (Fsp3) is 0.375. The van der Waals surface area contributed by atoms with Gasteiger partial charge >= 0.3 is 12.1 Å². The summed E-state index contributed by atoms with van der Waals surface area (Å²) in [6.45, 7) is 1.31. The van der Waals surface area contributed by atoms with E-state index in [4.69, 9.17) is 0 Å². The molecule has 0 saturated heterocycles. The number of hydrogen-bond donors (Lipinski definition) is 0. The van der Waals surface area contributed by atoms with Crippen molar-refractivity contribution >= 4 is 17.1 Å². The molecule has 1 heterocycles.